The molecule has 0 aliphatic heterocycles. The summed E-state index contributed by atoms with van der Waals surface area (Å²) in [5.41, 5.74) is 5.34. The number of nitrogens with zero attached hydrogens (tertiary/aromatic N) is 1. The van der Waals surface area contributed by atoms with Crippen molar-refractivity contribution in [3.05, 3.63) is 65.7 Å². The van der Waals surface area contributed by atoms with Gasteiger partial charge in [-0.15, -0.1) is 0 Å². The van der Waals surface area contributed by atoms with Crippen molar-refractivity contribution in [3.63, 3.8) is 0 Å². The molecule has 0 aliphatic rings. The van der Waals surface area contributed by atoms with Crippen LogP contribution in [0, 0.1) is 0 Å². The maximum absolute atomic E-state index is 13.8. The van der Waals surface area contributed by atoms with Gasteiger partial charge in [-0.1, -0.05) is 48.5 Å². The molecule has 0 saturated carbocycles. The Balaban J connectivity index is 2.44. The molecule has 2 atom stereocenters. The molecule has 6 N–H and O–H groups in total. The maximum atomic E-state index is 13.8. The summed E-state index contributed by atoms with van der Waals surface area (Å²) in [5.74, 6) is -2.32. The number of aliphatic hydroxyl groups excluding tert-OH is 1. The summed E-state index contributed by atoms with van der Waals surface area (Å²) in [6, 6.07) is 12.4. The van der Waals surface area contributed by atoms with Crippen LogP contribution >= 0.6 is 0 Å². The first kappa shape index (κ1) is 30.1. The number of alkyl carbamates (subject to hydrolysis) is 1. The Kier molecular flexibility index (Phi) is 11.1. The van der Waals surface area contributed by atoms with Gasteiger partial charge in [-0.05, 0) is 38.8 Å². The van der Waals surface area contributed by atoms with Gasteiger partial charge in [0.25, 0.3) is 0 Å². The summed E-state index contributed by atoms with van der Waals surface area (Å²) in [7, 11) is 0. The molecule has 0 fully saturated rings. The summed E-state index contributed by atoms with van der Waals surface area (Å²) in [5, 5.41) is 25.6. The highest BCUT2D eigenvalue weighted by Gasteiger charge is 2.37. The number of aliphatic hydroxyl groups is 1. The molecule has 2 aromatic rings. The lowest BCUT2D eigenvalue weighted by molar-refractivity contribution is -0.143. The lowest BCUT2D eigenvalue weighted by Gasteiger charge is -2.34. The number of para-hydroxylation sites is 1. The predicted molar refractivity (Wildman–Crippen MR) is 140 cm³/mol. The van der Waals surface area contributed by atoms with E-state index in [9.17, 15) is 29.4 Å². The SMILES string of the molecule is CC(C)(C)OC(=O)NC(CCC(N)=O)C(=O)N(CCO)C(C(=O)NCc1ccccc1)c1ccccc1O. The number of amides is 4. The van der Waals surface area contributed by atoms with E-state index in [0.29, 0.717) is 0 Å². The van der Waals surface area contributed by atoms with Crippen molar-refractivity contribution in [2.75, 3.05) is 13.2 Å². The zero-order valence-electron chi connectivity index (χ0n) is 21.8. The molecular weight excluding hydrogens is 492 g/mol. The fourth-order valence-corrected chi connectivity index (χ4v) is 3.72. The maximum Gasteiger partial charge on any atom is 0.408 e. The van der Waals surface area contributed by atoms with Gasteiger partial charge in [-0.25, -0.2) is 4.79 Å². The normalized spacial score (nSPS) is 12.6. The van der Waals surface area contributed by atoms with E-state index in [1.54, 1.807) is 32.9 Å². The number of primary amides is 1. The third-order valence-electron chi connectivity index (χ3n) is 5.39. The number of rotatable bonds is 12. The first-order chi connectivity index (χ1) is 17.9. The average Bonchev–Trinajstić information content (AvgIpc) is 2.85. The zero-order chi connectivity index (χ0) is 28.3. The molecule has 0 radical (unpaired) electrons. The summed E-state index contributed by atoms with van der Waals surface area (Å²) >= 11 is 0. The van der Waals surface area contributed by atoms with Gasteiger partial charge < -0.3 is 36.2 Å². The molecule has 11 nitrogen and oxygen atoms in total. The first-order valence-corrected chi connectivity index (χ1v) is 12.2. The van der Waals surface area contributed by atoms with Crippen LogP contribution in [0.25, 0.3) is 0 Å². The van der Waals surface area contributed by atoms with Crippen molar-refractivity contribution < 1.29 is 34.1 Å². The summed E-state index contributed by atoms with van der Waals surface area (Å²) < 4.78 is 5.26. The number of carbonyl (C=O) groups excluding carboxylic acids is 4. The van der Waals surface area contributed by atoms with Crippen LogP contribution in [0.2, 0.25) is 0 Å². The molecule has 0 spiro atoms. The molecule has 0 aromatic heterocycles. The number of benzene rings is 2. The second kappa shape index (κ2) is 14.0. The number of phenolic OH excluding ortho intramolecular Hbond substituents is 1. The minimum Gasteiger partial charge on any atom is -0.508 e. The van der Waals surface area contributed by atoms with Crippen molar-refractivity contribution in [1.82, 2.24) is 15.5 Å². The van der Waals surface area contributed by atoms with Gasteiger partial charge >= 0.3 is 6.09 Å². The van der Waals surface area contributed by atoms with Gasteiger partial charge in [0, 0.05) is 25.1 Å². The van der Waals surface area contributed by atoms with Gasteiger partial charge in [0.15, 0.2) is 0 Å². The minimum atomic E-state index is -1.36. The highest BCUT2D eigenvalue weighted by molar-refractivity contribution is 5.92. The van der Waals surface area contributed by atoms with Crippen molar-refractivity contribution in [3.8, 4) is 5.75 Å². The largest absolute Gasteiger partial charge is 0.508 e. The van der Waals surface area contributed by atoms with E-state index < -0.39 is 48.1 Å². The molecule has 4 amide bonds. The average molecular weight is 529 g/mol. The molecule has 2 rings (SSSR count). The van der Waals surface area contributed by atoms with E-state index in [2.05, 4.69) is 10.6 Å². The van der Waals surface area contributed by atoms with E-state index in [1.807, 2.05) is 30.3 Å². The number of hydrogen-bond acceptors (Lipinski definition) is 7. The van der Waals surface area contributed by atoms with Gasteiger partial charge in [0.05, 0.1) is 6.61 Å². The van der Waals surface area contributed by atoms with E-state index in [1.165, 1.54) is 12.1 Å². The Hall–Kier alpha value is -4.12. The molecule has 206 valence electrons. The van der Waals surface area contributed by atoms with Crippen LogP contribution in [0.1, 0.15) is 50.8 Å². The van der Waals surface area contributed by atoms with Crippen LogP contribution in [0.5, 0.6) is 5.75 Å². The Morgan fingerprint density at radius 2 is 1.66 bits per heavy atom. The topological polar surface area (TPSA) is 171 Å². The zero-order valence-corrected chi connectivity index (χ0v) is 21.8. The Morgan fingerprint density at radius 1 is 1.03 bits per heavy atom. The summed E-state index contributed by atoms with van der Waals surface area (Å²) in [6.07, 6.45) is -1.31. The van der Waals surface area contributed by atoms with Crippen molar-refractivity contribution >= 4 is 23.8 Å². The van der Waals surface area contributed by atoms with E-state index in [0.717, 1.165) is 10.5 Å². The highest BCUT2D eigenvalue weighted by atomic mass is 16.6. The molecule has 0 aliphatic carbocycles. The fraction of sp³-hybridized carbons (Fsp3) is 0.407. The fourth-order valence-electron chi connectivity index (χ4n) is 3.72. The van der Waals surface area contributed by atoms with Crippen LogP contribution < -0.4 is 16.4 Å². The second-order valence-corrected chi connectivity index (χ2v) is 9.62. The second-order valence-electron chi connectivity index (χ2n) is 9.62. The van der Waals surface area contributed by atoms with E-state index in [4.69, 9.17) is 10.5 Å². The smallest absolute Gasteiger partial charge is 0.408 e. The lowest BCUT2D eigenvalue weighted by Crippen LogP contribution is -2.53. The van der Waals surface area contributed by atoms with Crippen LogP contribution in [-0.2, 0) is 25.7 Å². The summed E-state index contributed by atoms with van der Waals surface area (Å²) in [6.45, 7) is 4.27. The number of phenols is 1. The monoisotopic (exact) mass is 528 g/mol. The van der Waals surface area contributed by atoms with Gasteiger partial charge in [-0.2, -0.15) is 0 Å². The van der Waals surface area contributed by atoms with E-state index in [-0.39, 0.29) is 37.2 Å². The number of ether oxygens (including phenoxy) is 1. The molecule has 11 heteroatoms. The van der Waals surface area contributed by atoms with Crippen LogP contribution in [0.3, 0.4) is 0 Å². The standard InChI is InChI=1S/C27H36N4O7/c1-27(2,3)38-26(37)30-20(13-14-22(28)34)25(36)31(15-16-32)23(19-11-7-8-12-21(19)33)24(35)29-17-18-9-5-4-6-10-18/h4-12,20,23,32-33H,13-17H2,1-3H3,(H2,28,34)(H,29,35)(H,30,37). The number of aromatic hydroxyl groups is 1. The number of hydrogen-bond donors (Lipinski definition) is 5. The van der Waals surface area contributed by atoms with Crippen LogP contribution in [0.15, 0.2) is 54.6 Å². The first-order valence-electron chi connectivity index (χ1n) is 12.2. The Bertz CT molecular complexity index is 1100. The van der Waals surface area contributed by atoms with E-state index >= 15 is 0 Å². The third-order valence-corrected chi connectivity index (χ3v) is 5.39. The van der Waals surface area contributed by atoms with Gasteiger partial charge in [0.1, 0.15) is 23.4 Å². The quantitative estimate of drug-likeness (QED) is 0.279. The molecular formula is C27H36N4O7. The Morgan fingerprint density at radius 3 is 2.24 bits per heavy atom. The van der Waals surface area contributed by atoms with Crippen LogP contribution in [-0.4, -0.2) is 63.7 Å². The van der Waals surface area contributed by atoms with Gasteiger partial charge in [0.2, 0.25) is 17.7 Å². The van der Waals surface area contributed by atoms with Gasteiger partial charge in [-0.3, -0.25) is 14.4 Å². The molecule has 0 saturated heterocycles. The number of carbonyl (C=O) groups is 4. The third kappa shape index (κ3) is 9.40. The number of nitrogens with two attached hydrogens (primary N) is 1. The minimum absolute atomic E-state index is 0.116. The van der Waals surface area contributed by atoms with Crippen molar-refractivity contribution in [2.24, 2.45) is 5.73 Å². The van der Waals surface area contributed by atoms with Crippen molar-refractivity contribution in [1.29, 1.82) is 0 Å². The molecule has 2 aromatic carbocycles. The molecule has 0 bridgehead atoms. The molecule has 2 unspecified atom stereocenters. The highest BCUT2D eigenvalue weighted by Crippen LogP contribution is 2.30. The van der Waals surface area contributed by atoms with Crippen LogP contribution in [0.4, 0.5) is 4.79 Å². The van der Waals surface area contributed by atoms with Crippen molar-refractivity contribution in [2.45, 2.75) is 57.8 Å². The molecule has 38 heavy (non-hydrogen) atoms. The predicted octanol–water partition coefficient (Wildman–Crippen LogP) is 1.73. The number of nitrogens with one attached hydrogen (secondary N) is 2. The molecule has 0 heterocycles. The lowest BCUT2D eigenvalue weighted by atomic mass is 10.0. The Labute approximate surface area is 222 Å². The summed E-state index contributed by atoms with van der Waals surface area (Å²) in [4.78, 5) is 52.3.